The molecule has 0 unspecified atom stereocenters. The largest absolute Gasteiger partial charge is 0.507 e. The number of benzene rings is 4. The number of pyridine rings is 2. The van der Waals surface area contributed by atoms with E-state index in [1.165, 1.54) is 22.3 Å². The zero-order chi connectivity index (χ0) is 30.8. The molecule has 44 heavy (non-hydrogen) atoms. The van der Waals surface area contributed by atoms with E-state index in [2.05, 4.69) is 105 Å². The number of aromatic hydroxyl groups is 1. The molecule has 0 radical (unpaired) electrons. The number of rotatable bonds is 6. The Labute approximate surface area is 260 Å². The Balaban J connectivity index is 1.62. The summed E-state index contributed by atoms with van der Waals surface area (Å²) >= 11 is 0. The third kappa shape index (κ3) is 5.84. The van der Waals surface area contributed by atoms with Crippen LogP contribution in [0, 0.1) is 13.8 Å². The first-order valence-corrected chi connectivity index (χ1v) is 15.0. The Morgan fingerprint density at radius 3 is 1.95 bits per heavy atom. The number of nitrogens with zero attached hydrogens (tertiary/aromatic N) is 3. The minimum absolute atomic E-state index is 0.0286. The predicted octanol–water partition coefficient (Wildman–Crippen LogP) is 10.6. The van der Waals surface area contributed by atoms with Crippen molar-refractivity contribution in [3.63, 3.8) is 0 Å². The molecule has 0 fully saturated rings. The van der Waals surface area contributed by atoms with Gasteiger partial charge in [-0.05, 0) is 113 Å². The van der Waals surface area contributed by atoms with Gasteiger partial charge in [0.15, 0.2) is 0 Å². The van der Waals surface area contributed by atoms with Crippen molar-refractivity contribution < 1.29 is 5.11 Å². The Morgan fingerprint density at radius 2 is 1.27 bits per heavy atom. The first-order chi connectivity index (χ1) is 21.2. The predicted molar refractivity (Wildman–Crippen MR) is 183 cm³/mol. The third-order valence-electron chi connectivity index (χ3n) is 8.04. The minimum atomic E-state index is 0.0286. The smallest absolute Gasteiger partial charge is 0.138 e. The second-order valence-corrected chi connectivity index (χ2v) is 12.3. The monoisotopic (exact) mass is 575 g/mol. The summed E-state index contributed by atoms with van der Waals surface area (Å²) in [4.78, 5) is 11.9. The zero-order valence-electron chi connectivity index (χ0n) is 25.9. The van der Waals surface area contributed by atoms with E-state index < -0.39 is 0 Å². The van der Waals surface area contributed by atoms with Gasteiger partial charge >= 0.3 is 0 Å². The Kier molecular flexibility index (Phi) is 7.75. The van der Waals surface area contributed by atoms with Gasteiger partial charge in [-0.15, -0.1) is 0 Å². The number of para-hydroxylation sites is 1. The molecular formula is C40H37N3O. The van der Waals surface area contributed by atoms with Crippen LogP contribution in [0.1, 0.15) is 37.5 Å². The molecule has 2 heterocycles. The molecule has 0 saturated heterocycles. The number of aromatic nitrogens is 2. The third-order valence-corrected chi connectivity index (χ3v) is 8.04. The molecule has 0 bridgehead atoms. The van der Waals surface area contributed by atoms with Gasteiger partial charge < -0.3 is 5.11 Å². The SMILES string of the molecule is Cc1cccc(C)c1-c1cc(-c2ccccc2O)cc(N(c2ccc(C(C)(C)C)cc2)c2cccc(-c3ccccn3)n2)c1. The first kappa shape index (κ1) is 28.9. The van der Waals surface area contributed by atoms with Gasteiger partial charge in [0, 0.05) is 23.1 Å². The number of anilines is 3. The Morgan fingerprint density at radius 1 is 0.614 bits per heavy atom. The molecule has 0 aliphatic carbocycles. The van der Waals surface area contributed by atoms with Gasteiger partial charge in [0.25, 0.3) is 0 Å². The van der Waals surface area contributed by atoms with E-state index in [9.17, 15) is 5.11 Å². The molecule has 4 aromatic carbocycles. The van der Waals surface area contributed by atoms with Crippen molar-refractivity contribution in [2.45, 2.75) is 40.0 Å². The average molecular weight is 576 g/mol. The van der Waals surface area contributed by atoms with E-state index in [0.717, 1.165) is 45.3 Å². The van der Waals surface area contributed by atoms with Crippen LogP contribution in [-0.4, -0.2) is 15.1 Å². The first-order valence-electron chi connectivity index (χ1n) is 15.0. The second kappa shape index (κ2) is 11.8. The van der Waals surface area contributed by atoms with E-state index in [0.29, 0.717) is 0 Å². The Hall–Kier alpha value is -5.22. The highest BCUT2D eigenvalue weighted by Crippen LogP contribution is 2.42. The van der Waals surface area contributed by atoms with Crippen LogP contribution in [-0.2, 0) is 5.41 Å². The maximum Gasteiger partial charge on any atom is 0.138 e. The van der Waals surface area contributed by atoms with Crippen molar-refractivity contribution in [3.05, 3.63) is 144 Å². The van der Waals surface area contributed by atoms with E-state index in [4.69, 9.17) is 4.98 Å². The molecule has 6 rings (SSSR count). The van der Waals surface area contributed by atoms with Gasteiger partial charge in [0.05, 0.1) is 11.4 Å². The highest BCUT2D eigenvalue weighted by molar-refractivity contribution is 5.87. The van der Waals surface area contributed by atoms with Gasteiger partial charge in [-0.2, -0.15) is 0 Å². The molecule has 0 amide bonds. The molecule has 0 atom stereocenters. The van der Waals surface area contributed by atoms with Crippen LogP contribution >= 0.6 is 0 Å². The van der Waals surface area contributed by atoms with Gasteiger partial charge in [-0.25, -0.2) is 4.98 Å². The summed E-state index contributed by atoms with van der Waals surface area (Å²) in [5, 5.41) is 10.9. The lowest BCUT2D eigenvalue weighted by Crippen LogP contribution is -2.14. The summed E-state index contributed by atoms with van der Waals surface area (Å²) in [6.45, 7) is 11.0. The van der Waals surface area contributed by atoms with Crippen LogP contribution in [0.4, 0.5) is 17.2 Å². The van der Waals surface area contributed by atoms with Crippen molar-refractivity contribution in [2.24, 2.45) is 0 Å². The number of phenolic OH excluding ortho intramolecular Hbond substituents is 1. The lowest BCUT2D eigenvalue weighted by molar-refractivity contribution is 0.477. The van der Waals surface area contributed by atoms with E-state index in [1.54, 1.807) is 12.3 Å². The number of phenols is 1. The van der Waals surface area contributed by atoms with E-state index in [-0.39, 0.29) is 11.2 Å². The Bertz CT molecular complexity index is 1900. The number of aryl methyl sites for hydroxylation is 2. The lowest BCUT2D eigenvalue weighted by atomic mass is 9.87. The molecule has 0 saturated carbocycles. The molecule has 0 aliphatic rings. The lowest BCUT2D eigenvalue weighted by Gasteiger charge is -2.27. The van der Waals surface area contributed by atoms with Crippen molar-refractivity contribution in [1.29, 1.82) is 0 Å². The van der Waals surface area contributed by atoms with Crippen LogP contribution in [0.25, 0.3) is 33.6 Å². The minimum Gasteiger partial charge on any atom is -0.507 e. The summed E-state index contributed by atoms with van der Waals surface area (Å²) in [7, 11) is 0. The van der Waals surface area contributed by atoms with Crippen LogP contribution < -0.4 is 4.90 Å². The number of hydrogen-bond donors (Lipinski definition) is 1. The molecule has 0 aliphatic heterocycles. The fraction of sp³-hybridized carbons (Fsp3) is 0.150. The van der Waals surface area contributed by atoms with Crippen LogP contribution in [0.2, 0.25) is 0 Å². The average Bonchev–Trinajstić information content (AvgIpc) is 3.02. The highest BCUT2D eigenvalue weighted by Gasteiger charge is 2.20. The molecule has 4 heteroatoms. The molecule has 0 spiro atoms. The zero-order valence-corrected chi connectivity index (χ0v) is 25.9. The molecule has 2 aromatic heterocycles. The topological polar surface area (TPSA) is 49.2 Å². The van der Waals surface area contributed by atoms with Crippen molar-refractivity contribution >= 4 is 17.2 Å². The summed E-state index contributed by atoms with van der Waals surface area (Å²) in [5.41, 5.74) is 11.2. The fourth-order valence-electron chi connectivity index (χ4n) is 5.76. The van der Waals surface area contributed by atoms with Gasteiger partial charge in [0.1, 0.15) is 11.6 Å². The molecule has 218 valence electrons. The van der Waals surface area contributed by atoms with Crippen LogP contribution in [0.5, 0.6) is 5.75 Å². The maximum atomic E-state index is 10.9. The standard InChI is InChI=1S/C40H37N3O/c1-27-12-10-13-28(2)39(27)30-24-29(34-14-6-7-17-37(34)44)25-33(26-30)43(32-21-19-31(20-22-32)40(3,4)5)38-18-11-16-36(42-38)35-15-8-9-23-41-35/h6-26,44H,1-5H3. The summed E-state index contributed by atoms with van der Waals surface area (Å²) in [6.07, 6.45) is 1.79. The normalized spacial score (nSPS) is 11.4. The van der Waals surface area contributed by atoms with Gasteiger partial charge in [0.2, 0.25) is 0 Å². The summed E-state index contributed by atoms with van der Waals surface area (Å²) in [5.74, 6) is 1.02. The van der Waals surface area contributed by atoms with E-state index >= 15 is 0 Å². The van der Waals surface area contributed by atoms with Gasteiger partial charge in [-0.3, -0.25) is 9.88 Å². The van der Waals surface area contributed by atoms with E-state index in [1.807, 2.05) is 54.6 Å². The number of hydrogen-bond acceptors (Lipinski definition) is 4. The second-order valence-electron chi connectivity index (χ2n) is 12.3. The molecule has 1 N–H and O–H groups in total. The molecule has 6 aromatic rings. The quantitative estimate of drug-likeness (QED) is 0.215. The van der Waals surface area contributed by atoms with Crippen molar-refractivity contribution in [2.75, 3.05) is 4.90 Å². The molecular weight excluding hydrogens is 538 g/mol. The van der Waals surface area contributed by atoms with Gasteiger partial charge in [-0.1, -0.05) is 81.4 Å². The van der Waals surface area contributed by atoms with Crippen LogP contribution in [0.3, 0.4) is 0 Å². The maximum absolute atomic E-state index is 10.9. The molecule has 4 nitrogen and oxygen atoms in total. The fourth-order valence-corrected chi connectivity index (χ4v) is 5.76. The highest BCUT2D eigenvalue weighted by atomic mass is 16.3. The summed E-state index contributed by atoms with van der Waals surface area (Å²) in [6, 6.07) is 41.1. The van der Waals surface area contributed by atoms with Crippen molar-refractivity contribution in [3.8, 4) is 39.4 Å². The van der Waals surface area contributed by atoms with Crippen LogP contribution in [0.15, 0.2) is 128 Å². The van der Waals surface area contributed by atoms with Crippen molar-refractivity contribution in [1.82, 2.24) is 9.97 Å². The summed E-state index contributed by atoms with van der Waals surface area (Å²) < 4.78 is 0.